The van der Waals surface area contributed by atoms with Gasteiger partial charge in [0.2, 0.25) is 0 Å². The van der Waals surface area contributed by atoms with Crippen molar-refractivity contribution in [3.05, 3.63) is 45.9 Å². The van der Waals surface area contributed by atoms with Crippen molar-refractivity contribution in [3.8, 4) is 5.75 Å². The summed E-state index contributed by atoms with van der Waals surface area (Å²) < 4.78 is 8.71. The molecular formula is C14H16BrClN2O. The summed E-state index contributed by atoms with van der Waals surface area (Å²) in [7, 11) is 0. The summed E-state index contributed by atoms with van der Waals surface area (Å²) >= 11 is 9.64. The minimum Gasteiger partial charge on any atom is -0.491 e. The van der Waals surface area contributed by atoms with Crippen LogP contribution in [0.5, 0.6) is 5.75 Å². The molecule has 0 saturated heterocycles. The summed E-state index contributed by atoms with van der Waals surface area (Å²) in [5.41, 5.74) is 1.12. The van der Waals surface area contributed by atoms with Gasteiger partial charge in [0, 0.05) is 18.9 Å². The molecule has 0 unspecified atom stereocenters. The second kappa shape index (κ2) is 6.96. The van der Waals surface area contributed by atoms with Crippen molar-refractivity contribution < 1.29 is 4.74 Å². The van der Waals surface area contributed by atoms with E-state index >= 15 is 0 Å². The average Bonchev–Trinajstić information content (AvgIpc) is 2.84. The third-order valence-corrected chi connectivity index (χ3v) is 3.63. The zero-order valence-corrected chi connectivity index (χ0v) is 13.1. The number of nitrogens with zero attached hydrogens (tertiary/aromatic N) is 2. The van der Waals surface area contributed by atoms with Crippen molar-refractivity contribution in [1.82, 2.24) is 9.55 Å². The molecule has 0 N–H and O–H groups in total. The summed E-state index contributed by atoms with van der Waals surface area (Å²) in [6.45, 7) is 3.63. The molecule has 2 aromatic rings. The third-order valence-electron chi connectivity index (χ3n) is 2.76. The van der Waals surface area contributed by atoms with Crippen LogP contribution in [-0.4, -0.2) is 16.2 Å². The Balaban J connectivity index is 1.77. The van der Waals surface area contributed by atoms with Crippen molar-refractivity contribution in [3.63, 3.8) is 0 Å². The highest BCUT2D eigenvalue weighted by atomic mass is 79.9. The maximum absolute atomic E-state index is 6.16. The topological polar surface area (TPSA) is 27.1 Å². The maximum Gasteiger partial charge on any atom is 0.152 e. The maximum atomic E-state index is 6.16. The van der Waals surface area contributed by atoms with Gasteiger partial charge >= 0.3 is 0 Å². The van der Waals surface area contributed by atoms with Crippen LogP contribution in [0.25, 0.3) is 0 Å². The Bertz CT molecular complexity index is 505. The Kier molecular flexibility index (Phi) is 5.28. The molecule has 0 radical (unpaired) electrons. The third kappa shape index (κ3) is 4.25. The first-order valence-electron chi connectivity index (χ1n) is 6.21. The molecule has 0 atom stereocenters. The summed E-state index contributed by atoms with van der Waals surface area (Å²) in [5, 5.41) is 0.654. The lowest BCUT2D eigenvalue weighted by Crippen LogP contribution is -2.02. The lowest BCUT2D eigenvalue weighted by molar-refractivity contribution is 0.301. The molecule has 19 heavy (non-hydrogen) atoms. The quantitative estimate of drug-likeness (QED) is 0.724. The predicted molar refractivity (Wildman–Crippen MR) is 80.8 cm³/mol. The van der Waals surface area contributed by atoms with E-state index in [1.165, 1.54) is 0 Å². The molecule has 2 rings (SSSR count). The number of ether oxygens (including phenoxy) is 1. The van der Waals surface area contributed by atoms with Crippen LogP contribution in [0.15, 0.2) is 35.3 Å². The highest BCUT2D eigenvalue weighted by Crippen LogP contribution is 2.34. The zero-order chi connectivity index (χ0) is 13.7. The molecule has 0 bridgehead atoms. The molecule has 0 aliphatic heterocycles. The highest BCUT2D eigenvalue weighted by molar-refractivity contribution is 9.10. The molecule has 5 heteroatoms. The van der Waals surface area contributed by atoms with E-state index in [2.05, 4.69) is 25.5 Å². The predicted octanol–water partition coefficient (Wildman–Crippen LogP) is 4.47. The van der Waals surface area contributed by atoms with Crippen molar-refractivity contribution in [1.29, 1.82) is 0 Å². The van der Waals surface area contributed by atoms with E-state index < -0.39 is 0 Å². The number of hydrogen-bond acceptors (Lipinski definition) is 2. The zero-order valence-electron chi connectivity index (χ0n) is 10.8. The minimum absolute atomic E-state index is 0.654. The lowest BCUT2D eigenvalue weighted by atomic mass is 10.2. The fourth-order valence-electron chi connectivity index (χ4n) is 1.81. The van der Waals surface area contributed by atoms with Crippen LogP contribution in [0.2, 0.25) is 5.02 Å². The number of imidazole rings is 1. The molecule has 0 aliphatic carbocycles. The Hall–Kier alpha value is -1.00. The molecule has 102 valence electrons. The fraction of sp³-hybridized carbons (Fsp3) is 0.357. The van der Waals surface area contributed by atoms with E-state index in [0.717, 1.165) is 35.2 Å². The molecule has 1 aromatic heterocycles. The first kappa shape index (κ1) is 14.4. The lowest BCUT2D eigenvalue weighted by Gasteiger charge is -2.11. The van der Waals surface area contributed by atoms with E-state index in [9.17, 15) is 0 Å². The van der Waals surface area contributed by atoms with Crippen LogP contribution in [-0.2, 0) is 6.54 Å². The number of hydrogen-bond donors (Lipinski definition) is 0. The molecule has 1 aromatic carbocycles. The van der Waals surface area contributed by atoms with Gasteiger partial charge in [0.25, 0.3) is 0 Å². The van der Waals surface area contributed by atoms with Crippen molar-refractivity contribution in [2.75, 3.05) is 6.61 Å². The van der Waals surface area contributed by atoms with E-state index in [-0.39, 0.29) is 0 Å². The number of unbranched alkanes of at least 4 members (excludes halogenated alkanes) is 1. The Morgan fingerprint density at radius 3 is 2.89 bits per heavy atom. The highest BCUT2D eigenvalue weighted by Gasteiger charge is 2.07. The van der Waals surface area contributed by atoms with E-state index in [1.807, 2.05) is 31.6 Å². The smallest absolute Gasteiger partial charge is 0.152 e. The fourth-order valence-corrected chi connectivity index (χ4v) is 2.95. The van der Waals surface area contributed by atoms with Crippen molar-refractivity contribution in [2.24, 2.45) is 0 Å². The van der Waals surface area contributed by atoms with Gasteiger partial charge in [-0.15, -0.1) is 0 Å². The molecule has 0 aliphatic rings. The standard InChI is InChI=1S/C14H16BrClN2O/c1-11-8-12(15)14(13(16)9-11)19-7-3-2-5-18-6-4-17-10-18/h4,6,8-10H,2-3,5,7H2,1H3. The van der Waals surface area contributed by atoms with Gasteiger partial charge in [0.05, 0.1) is 22.4 Å². The SMILES string of the molecule is Cc1cc(Cl)c(OCCCCn2ccnc2)c(Br)c1. The van der Waals surface area contributed by atoms with Crippen molar-refractivity contribution in [2.45, 2.75) is 26.3 Å². The van der Waals surface area contributed by atoms with Crippen LogP contribution in [0.3, 0.4) is 0 Å². The van der Waals surface area contributed by atoms with E-state index in [1.54, 1.807) is 6.20 Å². The van der Waals surface area contributed by atoms with Crippen LogP contribution in [0.1, 0.15) is 18.4 Å². The first-order valence-corrected chi connectivity index (χ1v) is 7.38. The number of benzene rings is 1. The Morgan fingerprint density at radius 2 is 2.21 bits per heavy atom. The molecule has 0 amide bonds. The van der Waals surface area contributed by atoms with Crippen LogP contribution in [0.4, 0.5) is 0 Å². The Morgan fingerprint density at radius 1 is 1.37 bits per heavy atom. The second-order valence-electron chi connectivity index (χ2n) is 4.41. The molecule has 3 nitrogen and oxygen atoms in total. The average molecular weight is 344 g/mol. The molecule has 0 spiro atoms. The number of halogens is 2. The van der Waals surface area contributed by atoms with Gasteiger partial charge in [-0.1, -0.05) is 11.6 Å². The first-order chi connectivity index (χ1) is 9.16. The monoisotopic (exact) mass is 342 g/mol. The molecular weight excluding hydrogens is 328 g/mol. The minimum atomic E-state index is 0.654. The van der Waals surface area contributed by atoms with E-state index in [4.69, 9.17) is 16.3 Å². The molecule has 1 heterocycles. The van der Waals surface area contributed by atoms with Gasteiger partial charge in [-0.3, -0.25) is 0 Å². The second-order valence-corrected chi connectivity index (χ2v) is 5.68. The van der Waals surface area contributed by atoms with Gasteiger partial charge in [0.15, 0.2) is 5.75 Å². The van der Waals surface area contributed by atoms with Gasteiger partial charge in [-0.2, -0.15) is 0 Å². The number of aryl methyl sites for hydroxylation is 2. The van der Waals surface area contributed by atoms with Crippen molar-refractivity contribution >= 4 is 27.5 Å². The summed E-state index contributed by atoms with van der Waals surface area (Å²) in [4.78, 5) is 4.01. The van der Waals surface area contributed by atoms with Gasteiger partial charge in [-0.25, -0.2) is 4.98 Å². The van der Waals surface area contributed by atoms with Crippen LogP contribution >= 0.6 is 27.5 Å². The Labute approximate surface area is 126 Å². The largest absolute Gasteiger partial charge is 0.491 e. The summed E-state index contributed by atoms with van der Waals surface area (Å²) in [5.74, 6) is 0.731. The van der Waals surface area contributed by atoms with Crippen LogP contribution in [0, 0.1) is 6.92 Å². The molecule has 0 saturated carbocycles. The van der Waals surface area contributed by atoms with Gasteiger partial charge < -0.3 is 9.30 Å². The van der Waals surface area contributed by atoms with Crippen LogP contribution < -0.4 is 4.74 Å². The summed E-state index contributed by atoms with van der Waals surface area (Å²) in [6, 6.07) is 3.92. The number of aromatic nitrogens is 2. The number of rotatable bonds is 6. The van der Waals surface area contributed by atoms with Gasteiger partial charge in [-0.05, 0) is 53.4 Å². The van der Waals surface area contributed by atoms with Gasteiger partial charge in [0.1, 0.15) is 0 Å². The normalized spacial score (nSPS) is 10.7. The molecule has 0 fully saturated rings. The summed E-state index contributed by atoms with van der Waals surface area (Å²) in [6.07, 6.45) is 7.62. The van der Waals surface area contributed by atoms with E-state index in [0.29, 0.717) is 11.6 Å².